The molecular formula is C29H34N6O. The minimum absolute atomic E-state index is 0.108. The van der Waals surface area contributed by atoms with Gasteiger partial charge in [0.2, 0.25) is 0 Å². The fourth-order valence-corrected chi connectivity index (χ4v) is 5.01. The molecule has 2 aromatic heterocycles. The SMILES string of the molecule is CCC[C@@H](C)c1nc(N2CCCN(C(=O)c3ccccc3C)CC2)c2cnn(-c3ccccc3)c2n1. The summed E-state index contributed by atoms with van der Waals surface area (Å²) in [5.74, 6) is 2.14. The first-order chi connectivity index (χ1) is 17.6. The molecular weight excluding hydrogens is 448 g/mol. The van der Waals surface area contributed by atoms with Crippen molar-refractivity contribution in [3.63, 3.8) is 0 Å². The number of anilines is 1. The predicted molar refractivity (Wildman–Crippen MR) is 144 cm³/mol. The second-order valence-corrected chi connectivity index (χ2v) is 9.67. The van der Waals surface area contributed by atoms with E-state index >= 15 is 0 Å². The number of rotatable bonds is 6. The number of nitrogens with zero attached hydrogens (tertiary/aromatic N) is 6. The average molecular weight is 483 g/mol. The van der Waals surface area contributed by atoms with E-state index in [1.807, 2.05) is 77.3 Å². The van der Waals surface area contributed by atoms with Crippen LogP contribution in [0, 0.1) is 6.92 Å². The number of para-hydroxylation sites is 1. The highest BCUT2D eigenvalue weighted by Crippen LogP contribution is 2.30. The minimum atomic E-state index is 0.108. The molecule has 0 aliphatic carbocycles. The van der Waals surface area contributed by atoms with Crippen LogP contribution in [0.4, 0.5) is 5.82 Å². The zero-order valence-electron chi connectivity index (χ0n) is 21.4. The van der Waals surface area contributed by atoms with Crippen molar-refractivity contribution in [2.24, 2.45) is 0 Å². The van der Waals surface area contributed by atoms with Gasteiger partial charge in [-0.3, -0.25) is 4.79 Å². The van der Waals surface area contributed by atoms with E-state index in [4.69, 9.17) is 15.1 Å². The summed E-state index contributed by atoms with van der Waals surface area (Å²) in [6.45, 7) is 9.34. The Labute approximate surface area is 212 Å². The number of amides is 1. The topological polar surface area (TPSA) is 67.2 Å². The van der Waals surface area contributed by atoms with Gasteiger partial charge in [0.05, 0.1) is 17.3 Å². The predicted octanol–water partition coefficient (Wildman–Crippen LogP) is 5.38. The Bertz CT molecular complexity index is 1350. The van der Waals surface area contributed by atoms with Crippen LogP contribution in [0.1, 0.15) is 60.8 Å². The fraction of sp³-hybridized carbons (Fsp3) is 0.379. The van der Waals surface area contributed by atoms with E-state index in [0.717, 1.165) is 78.4 Å². The number of benzene rings is 2. The van der Waals surface area contributed by atoms with Gasteiger partial charge in [-0.1, -0.05) is 56.7 Å². The summed E-state index contributed by atoms with van der Waals surface area (Å²) in [4.78, 5) is 27.7. The molecule has 1 saturated heterocycles. The molecule has 1 atom stereocenters. The van der Waals surface area contributed by atoms with Crippen LogP contribution in [0.2, 0.25) is 0 Å². The zero-order valence-corrected chi connectivity index (χ0v) is 21.4. The molecule has 7 heteroatoms. The first-order valence-corrected chi connectivity index (χ1v) is 13.0. The van der Waals surface area contributed by atoms with Crippen LogP contribution in [-0.2, 0) is 0 Å². The molecule has 3 heterocycles. The van der Waals surface area contributed by atoms with Gasteiger partial charge < -0.3 is 9.80 Å². The highest BCUT2D eigenvalue weighted by atomic mass is 16.2. The second-order valence-electron chi connectivity index (χ2n) is 9.67. The number of fused-ring (bicyclic) bond motifs is 1. The number of carbonyl (C=O) groups excluding carboxylic acids is 1. The van der Waals surface area contributed by atoms with Crippen molar-refractivity contribution >= 4 is 22.8 Å². The molecule has 5 rings (SSSR count). The van der Waals surface area contributed by atoms with E-state index in [1.165, 1.54) is 0 Å². The maximum Gasteiger partial charge on any atom is 0.254 e. The first-order valence-electron chi connectivity index (χ1n) is 13.0. The van der Waals surface area contributed by atoms with Crippen molar-refractivity contribution in [2.75, 3.05) is 31.1 Å². The molecule has 1 aliphatic heterocycles. The summed E-state index contributed by atoms with van der Waals surface area (Å²) in [6, 6.07) is 18.0. The summed E-state index contributed by atoms with van der Waals surface area (Å²) >= 11 is 0. The molecule has 1 aliphatic rings. The number of hydrogen-bond donors (Lipinski definition) is 0. The Hall–Kier alpha value is -3.74. The van der Waals surface area contributed by atoms with Crippen LogP contribution in [-0.4, -0.2) is 56.7 Å². The van der Waals surface area contributed by atoms with Gasteiger partial charge in [0, 0.05) is 37.7 Å². The third-order valence-corrected chi connectivity index (χ3v) is 7.05. The monoisotopic (exact) mass is 482 g/mol. The van der Waals surface area contributed by atoms with E-state index in [2.05, 4.69) is 18.7 Å². The third-order valence-electron chi connectivity index (χ3n) is 7.05. The smallest absolute Gasteiger partial charge is 0.254 e. The molecule has 0 unspecified atom stereocenters. The average Bonchev–Trinajstić information content (AvgIpc) is 3.18. The van der Waals surface area contributed by atoms with E-state index < -0.39 is 0 Å². The molecule has 0 radical (unpaired) electrons. The summed E-state index contributed by atoms with van der Waals surface area (Å²) in [5.41, 5.74) is 3.62. The Kier molecular flexibility index (Phi) is 6.98. The molecule has 0 spiro atoms. The van der Waals surface area contributed by atoms with E-state index in [0.29, 0.717) is 6.54 Å². The Morgan fingerprint density at radius 3 is 2.53 bits per heavy atom. The lowest BCUT2D eigenvalue weighted by molar-refractivity contribution is 0.0766. The Morgan fingerprint density at radius 2 is 1.75 bits per heavy atom. The van der Waals surface area contributed by atoms with Crippen LogP contribution >= 0.6 is 0 Å². The van der Waals surface area contributed by atoms with Gasteiger partial charge in [0.25, 0.3) is 5.91 Å². The van der Waals surface area contributed by atoms with E-state index in [9.17, 15) is 4.79 Å². The molecule has 4 aromatic rings. The second kappa shape index (κ2) is 10.5. The lowest BCUT2D eigenvalue weighted by Crippen LogP contribution is -2.35. The highest BCUT2D eigenvalue weighted by Gasteiger charge is 2.25. The largest absolute Gasteiger partial charge is 0.354 e. The van der Waals surface area contributed by atoms with Crippen molar-refractivity contribution in [1.82, 2.24) is 24.6 Å². The molecule has 7 nitrogen and oxygen atoms in total. The molecule has 186 valence electrons. The van der Waals surface area contributed by atoms with Gasteiger partial charge in [-0.05, 0) is 43.5 Å². The van der Waals surface area contributed by atoms with Gasteiger partial charge in [0.1, 0.15) is 11.6 Å². The van der Waals surface area contributed by atoms with Crippen molar-refractivity contribution in [3.8, 4) is 5.69 Å². The summed E-state index contributed by atoms with van der Waals surface area (Å²) < 4.78 is 1.91. The summed E-state index contributed by atoms with van der Waals surface area (Å²) in [7, 11) is 0. The number of aryl methyl sites for hydroxylation is 1. The normalized spacial score (nSPS) is 15.2. The highest BCUT2D eigenvalue weighted by molar-refractivity contribution is 5.95. The van der Waals surface area contributed by atoms with Crippen molar-refractivity contribution in [1.29, 1.82) is 0 Å². The molecule has 1 amide bonds. The molecule has 2 aromatic carbocycles. The van der Waals surface area contributed by atoms with Crippen LogP contribution in [0.25, 0.3) is 16.7 Å². The van der Waals surface area contributed by atoms with E-state index in [1.54, 1.807) is 0 Å². The number of carbonyl (C=O) groups is 1. The van der Waals surface area contributed by atoms with Gasteiger partial charge in [-0.2, -0.15) is 5.10 Å². The maximum atomic E-state index is 13.3. The third kappa shape index (κ3) is 4.70. The quantitative estimate of drug-likeness (QED) is 0.369. The van der Waals surface area contributed by atoms with Crippen LogP contribution in [0.3, 0.4) is 0 Å². The van der Waals surface area contributed by atoms with Crippen LogP contribution in [0.15, 0.2) is 60.8 Å². The molecule has 0 bridgehead atoms. The lowest BCUT2D eigenvalue weighted by atomic mass is 10.1. The van der Waals surface area contributed by atoms with Crippen molar-refractivity contribution in [2.45, 2.75) is 46.0 Å². The Morgan fingerprint density at radius 1 is 0.972 bits per heavy atom. The van der Waals surface area contributed by atoms with Gasteiger partial charge in [-0.25, -0.2) is 14.6 Å². The molecule has 36 heavy (non-hydrogen) atoms. The van der Waals surface area contributed by atoms with E-state index in [-0.39, 0.29) is 11.8 Å². The maximum absolute atomic E-state index is 13.3. The first kappa shape index (κ1) is 24.0. The zero-order chi connectivity index (χ0) is 25.1. The number of hydrogen-bond acceptors (Lipinski definition) is 5. The fourth-order valence-electron chi connectivity index (χ4n) is 5.01. The minimum Gasteiger partial charge on any atom is -0.354 e. The summed E-state index contributed by atoms with van der Waals surface area (Å²) in [6.07, 6.45) is 4.88. The van der Waals surface area contributed by atoms with Crippen LogP contribution < -0.4 is 4.90 Å². The van der Waals surface area contributed by atoms with Crippen LogP contribution in [0.5, 0.6) is 0 Å². The standard InChI is InChI=1S/C29H34N6O/c1-4-11-22(3)26-31-27(25-20-30-35(28(25)32-26)23-13-6-5-7-14-23)33-16-10-17-34(19-18-33)29(36)24-15-9-8-12-21(24)2/h5-9,12-15,20,22H,4,10-11,16-19H2,1-3H3/t22-/m1/s1. The lowest BCUT2D eigenvalue weighted by Gasteiger charge is -2.24. The van der Waals surface area contributed by atoms with Gasteiger partial charge >= 0.3 is 0 Å². The van der Waals surface area contributed by atoms with Crippen molar-refractivity contribution < 1.29 is 4.79 Å². The molecule has 0 saturated carbocycles. The molecule has 0 N–H and O–H groups in total. The van der Waals surface area contributed by atoms with Crippen molar-refractivity contribution in [3.05, 3.63) is 77.7 Å². The Balaban J connectivity index is 1.49. The molecule has 1 fully saturated rings. The summed E-state index contributed by atoms with van der Waals surface area (Å²) in [5, 5.41) is 5.66. The van der Waals surface area contributed by atoms with Gasteiger partial charge in [0.15, 0.2) is 5.65 Å². The number of aromatic nitrogens is 4. The van der Waals surface area contributed by atoms with Gasteiger partial charge in [-0.15, -0.1) is 0 Å².